The van der Waals surface area contributed by atoms with Gasteiger partial charge in [0.1, 0.15) is 5.82 Å². The van der Waals surface area contributed by atoms with Crippen molar-refractivity contribution in [2.75, 3.05) is 29.9 Å². The molecule has 1 N–H and O–H groups in total. The number of aromatic nitrogens is 2. The maximum atomic E-state index is 12.9. The SMILES string of the molecule is CCCc1ccc2nc(NC(=O)N3CCN(c4ncccc4Cl)C[C@H]3C)sc2c1. The average molecular weight is 430 g/mol. The van der Waals surface area contributed by atoms with Gasteiger partial charge in [-0.05, 0) is 43.2 Å². The first-order valence-corrected chi connectivity index (χ1v) is 11.1. The summed E-state index contributed by atoms with van der Waals surface area (Å²) in [4.78, 5) is 25.8. The molecule has 1 fully saturated rings. The van der Waals surface area contributed by atoms with E-state index >= 15 is 0 Å². The fraction of sp³-hybridized carbons (Fsp3) is 0.381. The van der Waals surface area contributed by atoms with Gasteiger partial charge >= 0.3 is 6.03 Å². The molecule has 152 valence electrons. The van der Waals surface area contributed by atoms with Crippen LogP contribution in [0.15, 0.2) is 36.5 Å². The molecule has 3 heterocycles. The lowest BCUT2D eigenvalue weighted by molar-refractivity contribution is 0.184. The van der Waals surface area contributed by atoms with Crippen molar-refractivity contribution in [2.24, 2.45) is 0 Å². The van der Waals surface area contributed by atoms with E-state index in [0.717, 1.165) is 28.9 Å². The van der Waals surface area contributed by atoms with E-state index in [-0.39, 0.29) is 12.1 Å². The van der Waals surface area contributed by atoms with Crippen molar-refractivity contribution in [1.82, 2.24) is 14.9 Å². The monoisotopic (exact) mass is 429 g/mol. The zero-order chi connectivity index (χ0) is 20.4. The van der Waals surface area contributed by atoms with Gasteiger partial charge < -0.3 is 9.80 Å². The van der Waals surface area contributed by atoms with Crippen molar-refractivity contribution < 1.29 is 4.79 Å². The first kappa shape index (κ1) is 19.9. The molecule has 1 aliphatic rings. The van der Waals surface area contributed by atoms with Crippen LogP contribution in [0.3, 0.4) is 0 Å². The Hall–Kier alpha value is -2.38. The number of amides is 2. The summed E-state index contributed by atoms with van der Waals surface area (Å²) < 4.78 is 1.11. The third-order valence-electron chi connectivity index (χ3n) is 5.13. The van der Waals surface area contributed by atoms with Gasteiger partial charge in [0.05, 0.1) is 15.2 Å². The van der Waals surface area contributed by atoms with Crippen LogP contribution in [0, 0.1) is 0 Å². The lowest BCUT2D eigenvalue weighted by Crippen LogP contribution is -2.55. The van der Waals surface area contributed by atoms with E-state index in [9.17, 15) is 4.79 Å². The number of aryl methyl sites for hydroxylation is 1. The highest BCUT2D eigenvalue weighted by molar-refractivity contribution is 7.22. The topological polar surface area (TPSA) is 61.4 Å². The zero-order valence-electron chi connectivity index (χ0n) is 16.6. The highest BCUT2D eigenvalue weighted by Gasteiger charge is 2.29. The number of benzene rings is 1. The molecule has 1 aliphatic heterocycles. The maximum Gasteiger partial charge on any atom is 0.324 e. The number of piperazine rings is 1. The Balaban J connectivity index is 1.42. The van der Waals surface area contributed by atoms with Crippen LogP contribution in [0.1, 0.15) is 25.8 Å². The van der Waals surface area contributed by atoms with Crippen molar-refractivity contribution in [3.63, 3.8) is 0 Å². The third kappa shape index (κ3) is 4.31. The van der Waals surface area contributed by atoms with Crippen LogP contribution in [0.4, 0.5) is 15.7 Å². The summed E-state index contributed by atoms with van der Waals surface area (Å²) in [6, 6.07) is 9.90. The van der Waals surface area contributed by atoms with Crippen molar-refractivity contribution in [1.29, 1.82) is 0 Å². The maximum absolute atomic E-state index is 12.9. The van der Waals surface area contributed by atoms with Gasteiger partial charge in [0.25, 0.3) is 0 Å². The van der Waals surface area contributed by atoms with Gasteiger partial charge in [0.2, 0.25) is 0 Å². The third-order valence-corrected chi connectivity index (χ3v) is 6.36. The summed E-state index contributed by atoms with van der Waals surface area (Å²) in [5.74, 6) is 0.773. The number of urea groups is 1. The molecule has 2 amide bonds. The van der Waals surface area contributed by atoms with E-state index in [4.69, 9.17) is 11.6 Å². The van der Waals surface area contributed by atoms with Crippen molar-refractivity contribution in [2.45, 2.75) is 32.7 Å². The molecule has 1 aromatic carbocycles. The minimum absolute atomic E-state index is 0.0346. The second kappa shape index (κ2) is 8.55. The Morgan fingerprint density at radius 3 is 2.97 bits per heavy atom. The largest absolute Gasteiger partial charge is 0.352 e. The summed E-state index contributed by atoms with van der Waals surface area (Å²) >= 11 is 7.80. The molecule has 2 aromatic heterocycles. The van der Waals surface area contributed by atoms with Gasteiger partial charge in [-0.3, -0.25) is 5.32 Å². The van der Waals surface area contributed by atoms with E-state index in [1.165, 1.54) is 16.9 Å². The molecule has 29 heavy (non-hydrogen) atoms. The molecule has 0 aliphatic carbocycles. The summed E-state index contributed by atoms with van der Waals surface area (Å²) in [7, 11) is 0. The van der Waals surface area contributed by atoms with Gasteiger partial charge in [-0.2, -0.15) is 0 Å². The smallest absolute Gasteiger partial charge is 0.324 e. The van der Waals surface area contributed by atoms with E-state index in [0.29, 0.717) is 29.8 Å². The Morgan fingerprint density at radius 1 is 1.34 bits per heavy atom. The summed E-state index contributed by atoms with van der Waals surface area (Å²) in [5.41, 5.74) is 2.23. The number of hydrogen-bond acceptors (Lipinski definition) is 5. The first-order chi connectivity index (χ1) is 14.0. The summed E-state index contributed by atoms with van der Waals surface area (Å²) in [6.45, 7) is 6.19. The number of carbonyl (C=O) groups is 1. The first-order valence-electron chi connectivity index (χ1n) is 9.87. The van der Waals surface area contributed by atoms with Crippen LogP contribution in [0.25, 0.3) is 10.2 Å². The number of hydrogen-bond donors (Lipinski definition) is 1. The van der Waals surface area contributed by atoms with Crippen molar-refractivity contribution in [3.05, 3.63) is 47.1 Å². The lowest BCUT2D eigenvalue weighted by Gasteiger charge is -2.40. The number of carbonyl (C=O) groups excluding carboxylic acids is 1. The standard InChI is InChI=1S/C21H24ClN5OS/c1-3-5-15-7-8-17-18(12-15)29-20(24-17)25-21(28)27-11-10-26(13-14(27)2)19-16(22)6-4-9-23-19/h4,6-9,12,14H,3,5,10-11,13H2,1-2H3,(H,24,25,28)/t14-/m1/s1. The minimum atomic E-state index is -0.114. The summed E-state index contributed by atoms with van der Waals surface area (Å²) in [5, 5.41) is 4.26. The molecule has 0 radical (unpaired) electrons. The normalized spacial score (nSPS) is 17.0. The Bertz CT molecular complexity index is 1020. The molecule has 4 rings (SSSR count). The highest BCUT2D eigenvalue weighted by Crippen LogP contribution is 2.28. The number of rotatable bonds is 4. The Kier molecular flexibility index (Phi) is 5.87. The van der Waals surface area contributed by atoms with Crippen LogP contribution >= 0.6 is 22.9 Å². The number of fused-ring (bicyclic) bond motifs is 1. The number of halogens is 1. The molecule has 0 saturated carbocycles. The number of thiazole rings is 1. The molecule has 1 atom stereocenters. The van der Waals surface area contributed by atoms with Crippen LogP contribution in [0.2, 0.25) is 5.02 Å². The van der Waals surface area contributed by atoms with Crippen LogP contribution in [-0.2, 0) is 6.42 Å². The Morgan fingerprint density at radius 2 is 2.21 bits per heavy atom. The van der Waals surface area contributed by atoms with Crippen molar-refractivity contribution in [3.8, 4) is 0 Å². The van der Waals surface area contributed by atoms with Gasteiger partial charge in [0.15, 0.2) is 5.13 Å². The molecule has 3 aromatic rings. The van der Waals surface area contributed by atoms with Crippen LogP contribution in [-0.4, -0.2) is 46.6 Å². The van der Waals surface area contributed by atoms with Crippen LogP contribution < -0.4 is 10.2 Å². The van der Waals surface area contributed by atoms with Crippen LogP contribution in [0.5, 0.6) is 0 Å². The van der Waals surface area contributed by atoms with Gasteiger partial charge in [-0.1, -0.05) is 42.3 Å². The molecule has 0 unspecified atom stereocenters. The summed E-state index contributed by atoms with van der Waals surface area (Å²) in [6.07, 6.45) is 3.91. The number of nitrogens with zero attached hydrogens (tertiary/aromatic N) is 4. The predicted molar refractivity (Wildman–Crippen MR) is 120 cm³/mol. The van der Waals surface area contributed by atoms with E-state index in [2.05, 4.69) is 39.2 Å². The molecule has 6 nitrogen and oxygen atoms in total. The lowest BCUT2D eigenvalue weighted by atomic mass is 10.1. The zero-order valence-corrected chi connectivity index (χ0v) is 18.1. The van der Waals surface area contributed by atoms with E-state index < -0.39 is 0 Å². The number of pyridine rings is 1. The highest BCUT2D eigenvalue weighted by atomic mass is 35.5. The molecular weight excluding hydrogens is 406 g/mol. The molecule has 1 saturated heterocycles. The average Bonchev–Trinajstić information content (AvgIpc) is 3.10. The molecule has 0 bridgehead atoms. The molecular formula is C21H24ClN5OS. The second-order valence-corrected chi connectivity index (χ2v) is 8.74. The van der Waals surface area contributed by atoms with E-state index in [1.807, 2.05) is 30.0 Å². The minimum Gasteiger partial charge on any atom is -0.352 e. The van der Waals surface area contributed by atoms with E-state index in [1.54, 1.807) is 6.20 Å². The quantitative estimate of drug-likeness (QED) is 0.631. The Labute approximate surface area is 179 Å². The number of nitrogens with one attached hydrogen (secondary N) is 1. The fourth-order valence-electron chi connectivity index (χ4n) is 3.69. The van der Waals surface area contributed by atoms with Gasteiger partial charge in [0, 0.05) is 31.9 Å². The van der Waals surface area contributed by atoms with Gasteiger partial charge in [-0.15, -0.1) is 0 Å². The molecule has 8 heteroatoms. The van der Waals surface area contributed by atoms with Gasteiger partial charge in [-0.25, -0.2) is 14.8 Å². The predicted octanol–water partition coefficient (Wildman–Crippen LogP) is 5.04. The van der Waals surface area contributed by atoms with Crippen molar-refractivity contribution >= 4 is 50.1 Å². The number of anilines is 2. The fourth-order valence-corrected chi connectivity index (χ4v) is 4.85. The second-order valence-electron chi connectivity index (χ2n) is 7.30. The molecule has 0 spiro atoms.